The maximum atomic E-state index is 13.4. The van der Waals surface area contributed by atoms with E-state index in [9.17, 15) is 4.79 Å². The van der Waals surface area contributed by atoms with Gasteiger partial charge in [0.25, 0.3) is 0 Å². The molecule has 4 rings (SSSR count). The molecule has 148 valence electrons. The van der Waals surface area contributed by atoms with Crippen LogP contribution in [-0.4, -0.2) is 10.9 Å². The summed E-state index contributed by atoms with van der Waals surface area (Å²) in [5.74, 6) is 0.147. The Morgan fingerprint density at radius 3 is 1.77 bits per heavy atom. The molecule has 0 radical (unpaired) electrons. The second kappa shape index (κ2) is 9.66. The van der Waals surface area contributed by atoms with Gasteiger partial charge in [-0.2, -0.15) is 0 Å². The molecule has 3 heteroatoms. The Balaban J connectivity index is 1.60. The van der Waals surface area contributed by atoms with Gasteiger partial charge in [-0.25, -0.2) is 0 Å². The van der Waals surface area contributed by atoms with Crippen molar-refractivity contribution in [2.24, 2.45) is 0 Å². The zero-order chi connectivity index (χ0) is 20.6. The molecule has 0 spiro atoms. The van der Waals surface area contributed by atoms with Crippen LogP contribution in [0.2, 0.25) is 0 Å². The van der Waals surface area contributed by atoms with Gasteiger partial charge in [0.05, 0.1) is 0 Å². The van der Waals surface area contributed by atoms with E-state index in [-0.39, 0.29) is 11.8 Å². The number of benzene rings is 3. The minimum Gasteiger partial charge on any atom is -0.281 e. The van der Waals surface area contributed by atoms with Crippen molar-refractivity contribution >= 4 is 17.3 Å². The lowest BCUT2D eigenvalue weighted by Gasteiger charge is -2.24. The fourth-order valence-corrected chi connectivity index (χ4v) is 3.72. The third-order valence-electron chi connectivity index (χ3n) is 5.17. The maximum absolute atomic E-state index is 13.4. The lowest BCUT2D eigenvalue weighted by atomic mass is 9.90. The average Bonchev–Trinajstić information content (AvgIpc) is 2.82. The number of rotatable bonds is 7. The molecule has 3 aromatic carbocycles. The van der Waals surface area contributed by atoms with Gasteiger partial charge < -0.3 is 0 Å². The van der Waals surface area contributed by atoms with Crippen LogP contribution in [0.4, 0.5) is 11.4 Å². The summed E-state index contributed by atoms with van der Waals surface area (Å²) in [4.78, 5) is 19.8. The number of pyridine rings is 1. The standard InChI is InChI=1S/C27H24N2O/c30-27(29(23-14-6-2-7-15-23)24-16-8-3-9-17-24)20-19-25(22-12-4-1-5-13-22)26-18-10-11-21-28-26/h1-18,21,25H,19-20H2. The first kappa shape index (κ1) is 19.6. The molecular weight excluding hydrogens is 368 g/mol. The molecule has 1 heterocycles. The minimum atomic E-state index is 0.0734. The monoisotopic (exact) mass is 392 g/mol. The van der Waals surface area contributed by atoms with Crippen LogP contribution in [0.3, 0.4) is 0 Å². The van der Waals surface area contributed by atoms with Crippen molar-refractivity contribution in [3.63, 3.8) is 0 Å². The lowest BCUT2D eigenvalue weighted by Crippen LogP contribution is -2.26. The summed E-state index contributed by atoms with van der Waals surface area (Å²) in [5, 5.41) is 0. The Bertz CT molecular complexity index is 972. The van der Waals surface area contributed by atoms with Gasteiger partial charge in [-0.05, 0) is 48.4 Å². The van der Waals surface area contributed by atoms with Crippen molar-refractivity contribution in [1.82, 2.24) is 4.98 Å². The highest BCUT2D eigenvalue weighted by Gasteiger charge is 2.21. The molecule has 0 saturated heterocycles. The number of hydrogen-bond donors (Lipinski definition) is 0. The maximum Gasteiger partial charge on any atom is 0.231 e. The molecule has 1 atom stereocenters. The summed E-state index contributed by atoms with van der Waals surface area (Å²) in [7, 11) is 0. The number of aromatic nitrogens is 1. The summed E-state index contributed by atoms with van der Waals surface area (Å²) in [6.07, 6.45) is 2.92. The van der Waals surface area contributed by atoms with E-state index in [1.807, 2.05) is 103 Å². The molecule has 0 fully saturated rings. The predicted octanol–water partition coefficient (Wildman–Crippen LogP) is 6.36. The van der Waals surface area contributed by atoms with Gasteiger partial charge in [0, 0.05) is 35.6 Å². The van der Waals surface area contributed by atoms with Crippen LogP contribution in [0.25, 0.3) is 0 Å². The van der Waals surface area contributed by atoms with Gasteiger partial charge in [-0.1, -0.05) is 72.8 Å². The van der Waals surface area contributed by atoms with Crippen molar-refractivity contribution < 1.29 is 4.79 Å². The highest BCUT2D eigenvalue weighted by atomic mass is 16.2. The fourth-order valence-electron chi connectivity index (χ4n) is 3.72. The quantitative estimate of drug-likeness (QED) is 0.367. The van der Waals surface area contributed by atoms with Gasteiger partial charge in [-0.15, -0.1) is 0 Å². The van der Waals surface area contributed by atoms with Gasteiger partial charge in [0.15, 0.2) is 0 Å². The number of carbonyl (C=O) groups is 1. The predicted molar refractivity (Wildman–Crippen MR) is 122 cm³/mol. The summed E-state index contributed by atoms with van der Waals surface area (Å²) in [5.41, 5.74) is 3.92. The summed E-state index contributed by atoms with van der Waals surface area (Å²) < 4.78 is 0. The largest absolute Gasteiger partial charge is 0.281 e. The number of amides is 1. The highest BCUT2D eigenvalue weighted by molar-refractivity contribution is 6.00. The van der Waals surface area contributed by atoms with E-state index < -0.39 is 0 Å². The van der Waals surface area contributed by atoms with E-state index in [2.05, 4.69) is 17.1 Å². The van der Waals surface area contributed by atoms with E-state index >= 15 is 0 Å². The van der Waals surface area contributed by atoms with Crippen molar-refractivity contribution in [2.45, 2.75) is 18.8 Å². The average molecular weight is 393 g/mol. The first-order chi connectivity index (χ1) is 14.8. The van der Waals surface area contributed by atoms with Crippen molar-refractivity contribution in [2.75, 3.05) is 4.90 Å². The third-order valence-corrected chi connectivity index (χ3v) is 5.17. The Kier molecular flexibility index (Phi) is 6.31. The molecule has 0 aliphatic carbocycles. The molecule has 0 bridgehead atoms. The second-order valence-electron chi connectivity index (χ2n) is 7.16. The van der Waals surface area contributed by atoms with Gasteiger partial charge in [0.1, 0.15) is 0 Å². The smallest absolute Gasteiger partial charge is 0.231 e. The summed E-state index contributed by atoms with van der Waals surface area (Å²) >= 11 is 0. The van der Waals surface area contributed by atoms with Crippen LogP contribution < -0.4 is 4.90 Å². The topological polar surface area (TPSA) is 33.2 Å². The van der Waals surface area contributed by atoms with E-state index in [1.54, 1.807) is 4.90 Å². The van der Waals surface area contributed by atoms with E-state index in [1.165, 1.54) is 5.56 Å². The number of anilines is 2. The number of hydrogen-bond acceptors (Lipinski definition) is 2. The molecule has 1 unspecified atom stereocenters. The van der Waals surface area contributed by atoms with Crippen LogP contribution in [0.5, 0.6) is 0 Å². The Hall–Kier alpha value is -3.72. The molecule has 1 aromatic heterocycles. The fraction of sp³-hybridized carbons (Fsp3) is 0.111. The van der Waals surface area contributed by atoms with Crippen LogP contribution >= 0.6 is 0 Å². The molecule has 0 saturated carbocycles. The van der Waals surface area contributed by atoms with E-state index in [0.29, 0.717) is 12.8 Å². The molecule has 30 heavy (non-hydrogen) atoms. The van der Waals surface area contributed by atoms with Crippen LogP contribution in [-0.2, 0) is 4.79 Å². The molecule has 3 nitrogen and oxygen atoms in total. The van der Waals surface area contributed by atoms with E-state index in [4.69, 9.17) is 0 Å². The molecule has 1 amide bonds. The van der Waals surface area contributed by atoms with Crippen molar-refractivity contribution in [3.8, 4) is 0 Å². The summed E-state index contributed by atoms with van der Waals surface area (Å²) in [6, 6.07) is 35.9. The van der Waals surface area contributed by atoms with Crippen molar-refractivity contribution in [1.29, 1.82) is 0 Å². The second-order valence-corrected chi connectivity index (χ2v) is 7.16. The molecular formula is C27H24N2O. The third kappa shape index (κ3) is 4.64. The number of carbonyl (C=O) groups excluding carboxylic acids is 1. The zero-order valence-corrected chi connectivity index (χ0v) is 16.8. The number of para-hydroxylation sites is 2. The molecule has 0 aliphatic heterocycles. The number of nitrogens with zero attached hydrogens (tertiary/aromatic N) is 2. The van der Waals surface area contributed by atoms with Crippen molar-refractivity contribution in [3.05, 3.63) is 127 Å². The van der Waals surface area contributed by atoms with Crippen LogP contribution in [0.1, 0.15) is 30.0 Å². The SMILES string of the molecule is O=C(CCC(c1ccccc1)c1ccccn1)N(c1ccccc1)c1ccccc1. The van der Waals surface area contributed by atoms with Gasteiger partial charge >= 0.3 is 0 Å². The molecule has 0 aliphatic rings. The van der Waals surface area contributed by atoms with Gasteiger partial charge in [-0.3, -0.25) is 14.7 Å². The zero-order valence-electron chi connectivity index (χ0n) is 16.8. The first-order valence-corrected chi connectivity index (χ1v) is 10.2. The highest BCUT2D eigenvalue weighted by Crippen LogP contribution is 2.31. The molecule has 4 aromatic rings. The summed E-state index contributed by atoms with van der Waals surface area (Å²) in [6.45, 7) is 0. The molecule has 0 N–H and O–H groups in total. The van der Waals surface area contributed by atoms with Crippen LogP contribution in [0, 0.1) is 0 Å². The lowest BCUT2D eigenvalue weighted by molar-refractivity contribution is -0.118. The van der Waals surface area contributed by atoms with Crippen LogP contribution in [0.15, 0.2) is 115 Å². The van der Waals surface area contributed by atoms with E-state index in [0.717, 1.165) is 17.1 Å². The Labute approximate surface area is 177 Å². The normalized spacial score (nSPS) is 11.6. The first-order valence-electron chi connectivity index (χ1n) is 10.2. The Morgan fingerprint density at radius 2 is 1.23 bits per heavy atom. The Morgan fingerprint density at radius 1 is 0.700 bits per heavy atom. The minimum absolute atomic E-state index is 0.0734. The van der Waals surface area contributed by atoms with Gasteiger partial charge in [0.2, 0.25) is 5.91 Å².